The van der Waals surface area contributed by atoms with Crippen molar-refractivity contribution in [2.24, 2.45) is 5.73 Å². The van der Waals surface area contributed by atoms with E-state index in [2.05, 4.69) is 4.98 Å². The minimum absolute atomic E-state index is 0.188. The number of rotatable bonds is 2. The zero-order chi connectivity index (χ0) is 8.43. The zero-order valence-corrected chi connectivity index (χ0v) is 6.29. The summed E-state index contributed by atoms with van der Waals surface area (Å²) in [5.74, 6) is 0. The molecule has 1 aromatic heterocycles. The van der Waals surface area contributed by atoms with Gasteiger partial charge in [-0.25, -0.2) is 0 Å². The first-order valence-corrected chi connectivity index (χ1v) is 3.34. The largest absolute Gasteiger partial charge is 0.370 e. The molecule has 3 N–H and O–H groups in total. The van der Waals surface area contributed by atoms with Crippen molar-refractivity contribution in [1.82, 2.24) is 4.98 Å². The molecule has 1 rings (SSSR count). The van der Waals surface area contributed by atoms with Crippen LogP contribution in [0.4, 0.5) is 0 Å². The van der Waals surface area contributed by atoms with Crippen LogP contribution in [-0.4, -0.2) is 19.1 Å². The minimum Gasteiger partial charge on any atom is -0.370 e. The molecule has 4 heteroatoms. The Hall–Kier alpha value is -1.03. The second-order valence-corrected chi connectivity index (χ2v) is 2.50. The third-order valence-corrected chi connectivity index (χ3v) is 1.48. The summed E-state index contributed by atoms with van der Waals surface area (Å²) in [6.07, 6.45) is 0.742. The molecule has 0 fully saturated rings. The molecular weight excluding hydrogens is 139 g/mol. The van der Waals surface area contributed by atoms with Crippen LogP contribution in [0, 0.1) is 0 Å². The van der Waals surface area contributed by atoms with Gasteiger partial charge in [-0.1, -0.05) is 0 Å². The lowest BCUT2D eigenvalue weighted by Crippen LogP contribution is -2.10. The first kappa shape index (κ1) is 8.08. The SMILES string of the molecule is [B]c1cc(C=O)c([C@@H](C)N)[nH]1. The standard InChI is InChI=1S/C7H9BN2O/c1-4(9)7-5(3-11)2-6(8)10-7/h2-4,10H,9H2,1H3/t4-/m1/s1. The Morgan fingerprint density at radius 2 is 2.45 bits per heavy atom. The fraction of sp³-hybridized carbons (Fsp3) is 0.286. The quantitative estimate of drug-likeness (QED) is 0.444. The van der Waals surface area contributed by atoms with Gasteiger partial charge in [-0.15, -0.1) is 0 Å². The van der Waals surface area contributed by atoms with Gasteiger partial charge in [0.15, 0.2) is 6.29 Å². The van der Waals surface area contributed by atoms with Crippen LogP contribution in [0.3, 0.4) is 0 Å². The predicted octanol–water partition coefficient (Wildman–Crippen LogP) is -0.359. The number of nitrogens with one attached hydrogen (secondary N) is 1. The molecular formula is C7H9BN2O. The average molecular weight is 148 g/mol. The van der Waals surface area contributed by atoms with Crippen molar-refractivity contribution in [3.8, 4) is 0 Å². The van der Waals surface area contributed by atoms with Gasteiger partial charge in [-0.05, 0) is 18.6 Å². The van der Waals surface area contributed by atoms with Crippen LogP contribution in [0.5, 0.6) is 0 Å². The molecule has 0 saturated heterocycles. The topological polar surface area (TPSA) is 58.9 Å². The number of aromatic nitrogens is 1. The molecule has 2 radical (unpaired) electrons. The van der Waals surface area contributed by atoms with Crippen molar-refractivity contribution in [1.29, 1.82) is 0 Å². The highest BCUT2D eigenvalue weighted by Gasteiger charge is 2.07. The van der Waals surface area contributed by atoms with Crippen LogP contribution < -0.4 is 11.3 Å². The number of nitrogens with two attached hydrogens (primary N) is 1. The maximum Gasteiger partial charge on any atom is 0.151 e. The second-order valence-electron chi connectivity index (χ2n) is 2.50. The van der Waals surface area contributed by atoms with Crippen LogP contribution in [0.15, 0.2) is 6.07 Å². The highest BCUT2D eigenvalue weighted by atomic mass is 16.1. The molecule has 1 heterocycles. The number of hydrogen-bond donors (Lipinski definition) is 2. The van der Waals surface area contributed by atoms with E-state index in [0.29, 0.717) is 16.9 Å². The van der Waals surface area contributed by atoms with Crippen LogP contribution in [0.1, 0.15) is 29.0 Å². The van der Waals surface area contributed by atoms with E-state index in [1.54, 1.807) is 13.0 Å². The summed E-state index contributed by atoms with van der Waals surface area (Å²) >= 11 is 0. The molecule has 0 amide bonds. The highest BCUT2D eigenvalue weighted by Crippen LogP contribution is 2.09. The summed E-state index contributed by atoms with van der Waals surface area (Å²) in [7, 11) is 5.42. The van der Waals surface area contributed by atoms with Crippen LogP contribution in [0.2, 0.25) is 0 Å². The van der Waals surface area contributed by atoms with E-state index in [1.165, 1.54) is 0 Å². The minimum atomic E-state index is -0.188. The average Bonchev–Trinajstić information content (AvgIpc) is 2.30. The maximum atomic E-state index is 10.4. The second kappa shape index (κ2) is 2.92. The van der Waals surface area contributed by atoms with E-state index in [4.69, 9.17) is 13.6 Å². The van der Waals surface area contributed by atoms with E-state index in [-0.39, 0.29) is 6.04 Å². The molecule has 0 aliphatic carbocycles. The smallest absolute Gasteiger partial charge is 0.151 e. The lowest BCUT2D eigenvalue weighted by molar-refractivity contribution is 0.112. The van der Waals surface area contributed by atoms with Gasteiger partial charge in [-0.3, -0.25) is 4.79 Å². The Kier molecular flexibility index (Phi) is 2.15. The van der Waals surface area contributed by atoms with E-state index in [9.17, 15) is 4.79 Å². The first-order chi connectivity index (χ1) is 5.15. The summed E-state index contributed by atoms with van der Waals surface area (Å²) < 4.78 is 0. The van der Waals surface area contributed by atoms with Gasteiger partial charge in [-0.2, -0.15) is 0 Å². The molecule has 0 bridgehead atoms. The van der Waals surface area contributed by atoms with Gasteiger partial charge in [0.05, 0.1) is 0 Å². The summed E-state index contributed by atoms with van der Waals surface area (Å²) in [5.41, 5.74) is 7.26. The van der Waals surface area contributed by atoms with Crippen LogP contribution >= 0.6 is 0 Å². The van der Waals surface area contributed by atoms with Crippen molar-refractivity contribution >= 4 is 19.7 Å². The third-order valence-electron chi connectivity index (χ3n) is 1.48. The Bertz CT molecular complexity index is 267. The summed E-state index contributed by atoms with van der Waals surface area (Å²) in [4.78, 5) is 13.2. The number of hydrogen-bond acceptors (Lipinski definition) is 2. The lowest BCUT2D eigenvalue weighted by Gasteiger charge is -2.01. The molecule has 0 aliphatic heterocycles. The summed E-state index contributed by atoms with van der Waals surface area (Å²) in [6, 6.07) is 1.39. The van der Waals surface area contributed by atoms with Gasteiger partial charge < -0.3 is 10.7 Å². The fourth-order valence-corrected chi connectivity index (χ4v) is 0.983. The Labute approximate surface area is 66.4 Å². The zero-order valence-electron chi connectivity index (χ0n) is 6.29. The van der Waals surface area contributed by atoms with Crippen molar-refractivity contribution in [2.75, 3.05) is 0 Å². The van der Waals surface area contributed by atoms with E-state index < -0.39 is 0 Å². The molecule has 1 atom stereocenters. The van der Waals surface area contributed by atoms with E-state index in [1.807, 2.05) is 0 Å². The van der Waals surface area contributed by atoms with Crippen LogP contribution in [-0.2, 0) is 0 Å². The molecule has 0 aromatic carbocycles. The van der Waals surface area contributed by atoms with Crippen molar-refractivity contribution in [3.05, 3.63) is 17.3 Å². The van der Waals surface area contributed by atoms with Gasteiger partial charge in [0.2, 0.25) is 0 Å². The normalized spacial score (nSPS) is 12.9. The Balaban J connectivity index is 3.11. The van der Waals surface area contributed by atoms with Gasteiger partial charge in [0, 0.05) is 17.3 Å². The predicted molar refractivity (Wildman–Crippen MR) is 44.2 cm³/mol. The van der Waals surface area contributed by atoms with E-state index >= 15 is 0 Å². The number of carbonyl (C=O) groups is 1. The number of carbonyl (C=O) groups excluding carboxylic acids is 1. The molecule has 3 nitrogen and oxygen atoms in total. The first-order valence-electron chi connectivity index (χ1n) is 3.34. The molecule has 0 unspecified atom stereocenters. The molecule has 56 valence electrons. The molecule has 0 saturated carbocycles. The number of aldehydes is 1. The summed E-state index contributed by atoms with van der Waals surface area (Å²) in [5, 5.41) is 0. The number of aromatic amines is 1. The van der Waals surface area contributed by atoms with Gasteiger partial charge in [0.1, 0.15) is 7.85 Å². The highest BCUT2D eigenvalue weighted by molar-refractivity contribution is 6.31. The van der Waals surface area contributed by atoms with Gasteiger partial charge in [0.25, 0.3) is 0 Å². The van der Waals surface area contributed by atoms with Crippen molar-refractivity contribution in [3.63, 3.8) is 0 Å². The van der Waals surface area contributed by atoms with E-state index in [0.717, 1.165) is 6.29 Å². The lowest BCUT2D eigenvalue weighted by atomic mass is 10.1. The fourth-order valence-electron chi connectivity index (χ4n) is 0.983. The third kappa shape index (κ3) is 1.52. The monoisotopic (exact) mass is 148 g/mol. The van der Waals surface area contributed by atoms with Crippen molar-refractivity contribution < 1.29 is 4.79 Å². The molecule has 11 heavy (non-hydrogen) atoms. The number of H-pyrrole nitrogens is 1. The molecule has 0 spiro atoms. The van der Waals surface area contributed by atoms with Crippen molar-refractivity contribution in [2.45, 2.75) is 13.0 Å². The van der Waals surface area contributed by atoms with Gasteiger partial charge >= 0.3 is 0 Å². The molecule has 0 aliphatic rings. The van der Waals surface area contributed by atoms with Crippen LogP contribution in [0.25, 0.3) is 0 Å². The summed E-state index contributed by atoms with van der Waals surface area (Å²) in [6.45, 7) is 1.79. The maximum absolute atomic E-state index is 10.4. The Morgan fingerprint density at radius 1 is 1.82 bits per heavy atom. The molecule has 1 aromatic rings. The Morgan fingerprint density at radius 3 is 2.82 bits per heavy atom.